The zero-order chi connectivity index (χ0) is 19.6. The number of imide groups is 1. The van der Waals surface area contributed by atoms with E-state index in [1.807, 2.05) is 44.2 Å². The van der Waals surface area contributed by atoms with Gasteiger partial charge in [0.25, 0.3) is 11.8 Å². The van der Waals surface area contributed by atoms with Crippen molar-refractivity contribution in [3.05, 3.63) is 69.6 Å². The Bertz CT molecular complexity index is 906. The molecule has 27 heavy (non-hydrogen) atoms. The molecule has 0 saturated heterocycles. The highest BCUT2D eigenvalue weighted by Gasteiger charge is 2.40. The third kappa shape index (κ3) is 4.04. The summed E-state index contributed by atoms with van der Waals surface area (Å²) in [6.07, 6.45) is 0. The van der Waals surface area contributed by atoms with E-state index in [1.54, 1.807) is 25.3 Å². The summed E-state index contributed by atoms with van der Waals surface area (Å²) >= 11 is 7.33. The van der Waals surface area contributed by atoms with Gasteiger partial charge in [0.05, 0.1) is 24.1 Å². The van der Waals surface area contributed by atoms with Crippen LogP contribution in [0.3, 0.4) is 0 Å². The molecule has 0 aliphatic carbocycles. The second kappa shape index (κ2) is 8.19. The van der Waals surface area contributed by atoms with Crippen LogP contribution in [0.25, 0.3) is 5.57 Å². The molecule has 1 aliphatic rings. The molecule has 0 unspecified atom stereocenters. The lowest BCUT2D eigenvalue weighted by Gasteiger charge is -2.16. The van der Waals surface area contributed by atoms with E-state index in [0.29, 0.717) is 26.8 Å². The zero-order valence-corrected chi connectivity index (χ0v) is 16.9. The fraction of sp³-hybridized carbons (Fsp3) is 0.238. The van der Waals surface area contributed by atoms with Crippen molar-refractivity contribution in [3.63, 3.8) is 0 Å². The number of hydrogen-bond donors (Lipinski definition) is 0. The first-order chi connectivity index (χ1) is 12.9. The lowest BCUT2D eigenvalue weighted by Crippen LogP contribution is -2.31. The van der Waals surface area contributed by atoms with Gasteiger partial charge in [0.2, 0.25) is 0 Å². The highest BCUT2D eigenvalue weighted by atomic mass is 35.5. The monoisotopic (exact) mass is 401 g/mol. The van der Waals surface area contributed by atoms with Crippen LogP contribution in [0, 0.1) is 0 Å². The molecule has 0 fully saturated rings. The molecule has 140 valence electrons. The van der Waals surface area contributed by atoms with Crippen molar-refractivity contribution >= 4 is 40.8 Å². The van der Waals surface area contributed by atoms with Crippen LogP contribution in [0.2, 0.25) is 5.02 Å². The Morgan fingerprint density at radius 1 is 1.04 bits per heavy atom. The van der Waals surface area contributed by atoms with E-state index in [0.717, 1.165) is 5.56 Å². The molecule has 4 nitrogen and oxygen atoms in total. The minimum atomic E-state index is -0.303. The number of amides is 2. The highest BCUT2D eigenvalue weighted by molar-refractivity contribution is 8.04. The van der Waals surface area contributed by atoms with Gasteiger partial charge >= 0.3 is 0 Å². The summed E-state index contributed by atoms with van der Waals surface area (Å²) < 4.78 is 5.42. The maximum Gasteiger partial charge on any atom is 0.268 e. The van der Waals surface area contributed by atoms with Crippen molar-refractivity contribution in [2.24, 2.45) is 0 Å². The standard InChI is InChI=1S/C21H20ClNO3S/c1-13(2)27-19-18(16-6-4-5-7-17(16)26-3)20(24)23(21(19)25)12-14-8-10-15(22)11-9-14/h4-11,13H,12H2,1-3H3. The number of hydrogen-bond acceptors (Lipinski definition) is 4. The van der Waals surface area contributed by atoms with Gasteiger partial charge in [0.1, 0.15) is 5.75 Å². The fourth-order valence-electron chi connectivity index (χ4n) is 2.90. The minimum absolute atomic E-state index is 0.164. The van der Waals surface area contributed by atoms with Gasteiger partial charge in [-0.2, -0.15) is 0 Å². The van der Waals surface area contributed by atoms with Crippen molar-refractivity contribution in [2.75, 3.05) is 7.11 Å². The van der Waals surface area contributed by atoms with Crippen LogP contribution in [0.1, 0.15) is 25.0 Å². The van der Waals surface area contributed by atoms with Crippen LogP contribution < -0.4 is 4.74 Å². The lowest BCUT2D eigenvalue weighted by molar-refractivity contribution is -0.137. The molecule has 6 heteroatoms. The summed E-state index contributed by atoms with van der Waals surface area (Å²) in [4.78, 5) is 28.0. The fourth-order valence-corrected chi connectivity index (χ4v) is 4.03. The smallest absolute Gasteiger partial charge is 0.268 e. The van der Waals surface area contributed by atoms with Crippen molar-refractivity contribution in [1.29, 1.82) is 0 Å². The van der Waals surface area contributed by atoms with E-state index < -0.39 is 0 Å². The van der Waals surface area contributed by atoms with E-state index >= 15 is 0 Å². The van der Waals surface area contributed by atoms with E-state index in [-0.39, 0.29) is 23.6 Å². The summed E-state index contributed by atoms with van der Waals surface area (Å²) in [6.45, 7) is 4.20. The first-order valence-corrected chi connectivity index (χ1v) is 9.83. The largest absolute Gasteiger partial charge is 0.496 e. The van der Waals surface area contributed by atoms with Crippen LogP contribution >= 0.6 is 23.4 Å². The molecule has 0 N–H and O–H groups in total. The number of carbonyl (C=O) groups is 2. The molecular formula is C21H20ClNO3S. The number of halogens is 1. The van der Waals surface area contributed by atoms with E-state index in [1.165, 1.54) is 16.7 Å². The van der Waals surface area contributed by atoms with Gasteiger partial charge in [-0.15, -0.1) is 11.8 Å². The van der Waals surface area contributed by atoms with E-state index in [2.05, 4.69) is 0 Å². The molecule has 2 amide bonds. The summed E-state index contributed by atoms with van der Waals surface area (Å²) in [5, 5.41) is 0.777. The maximum absolute atomic E-state index is 13.2. The topological polar surface area (TPSA) is 46.6 Å². The molecule has 0 radical (unpaired) electrons. The van der Waals surface area contributed by atoms with Crippen molar-refractivity contribution in [3.8, 4) is 5.75 Å². The third-order valence-corrected chi connectivity index (χ3v) is 5.45. The number of para-hydroxylation sites is 1. The van der Waals surface area contributed by atoms with Gasteiger partial charge in [-0.05, 0) is 23.8 Å². The maximum atomic E-state index is 13.2. The average Bonchev–Trinajstić information content (AvgIpc) is 2.87. The molecule has 1 heterocycles. The van der Waals surface area contributed by atoms with Crippen LogP contribution in [-0.4, -0.2) is 29.1 Å². The summed E-state index contributed by atoms with van der Waals surface area (Å²) in [5.74, 6) is 0.000931. The molecule has 0 atom stereocenters. The van der Waals surface area contributed by atoms with E-state index in [4.69, 9.17) is 16.3 Å². The van der Waals surface area contributed by atoms with Gasteiger partial charge < -0.3 is 4.74 Å². The van der Waals surface area contributed by atoms with Crippen LogP contribution in [0.4, 0.5) is 0 Å². The number of benzene rings is 2. The van der Waals surface area contributed by atoms with Gasteiger partial charge in [-0.1, -0.05) is 55.8 Å². The predicted octanol–water partition coefficient (Wildman–Crippen LogP) is 4.77. The van der Waals surface area contributed by atoms with Crippen LogP contribution in [0.5, 0.6) is 5.75 Å². The molecule has 2 aromatic rings. The van der Waals surface area contributed by atoms with Crippen molar-refractivity contribution in [1.82, 2.24) is 4.90 Å². The molecule has 0 saturated carbocycles. The van der Waals surface area contributed by atoms with Gasteiger partial charge in [-0.25, -0.2) is 0 Å². The SMILES string of the molecule is COc1ccccc1C1=C(SC(C)C)C(=O)N(Cc2ccc(Cl)cc2)C1=O. The summed E-state index contributed by atoms with van der Waals surface area (Å²) in [5.41, 5.74) is 1.89. The summed E-state index contributed by atoms with van der Waals surface area (Å²) in [6, 6.07) is 14.4. The number of rotatable bonds is 6. The Kier molecular flexibility index (Phi) is 5.92. The second-order valence-electron chi connectivity index (χ2n) is 6.39. The number of ether oxygens (including phenoxy) is 1. The van der Waals surface area contributed by atoms with Crippen LogP contribution in [0.15, 0.2) is 53.4 Å². The second-order valence-corrected chi connectivity index (χ2v) is 8.42. The Morgan fingerprint density at radius 3 is 2.33 bits per heavy atom. The van der Waals surface area contributed by atoms with Gasteiger partial charge in [0.15, 0.2) is 0 Å². The number of thioether (sulfide) groups is 1. The Hall–Kier alpha value is -2.24. The Labute approximate surface area is 168 Å². The molecule has 0 aromatic heterocycles. The van der Waals surface area contributed by atoms with Crippen molar-refractivity contribution < 1.29 is 14.3 Å². The Morgan fingerprint density at radius 2 is 1.70 bits per heavy atom. The molecular weight excluding hydrogens is 382 g/mol. The van der Waals surface area contributed by atoms with Gasteiger partial charge in [-0.3, -0.25) is 14.5 Å². The summed E-state index contributed by atoms with van der Waals surface area (Å²) in [7, 11) is 1.56. The average molecular weight is 402 g/mol. The van der Waals surface area contributed by atoms with Crippen LogP contribution in [-0.2, 0) is 16.1 Å². The number of methoxy groups -OCH3 is 1. The third-order valence-electron chi connectivity index (χ3n) is 4.11. The lowest BCUT2D eigenvalue weighted by atomic mass is 10.0. The number of nitrogens with zero attached hydrogens (tertiary/aromatic N) is 1. The Balaban J connectivity index is 2.02. The normalized spacial score (nSPS) is 14.5. The van der Waals surface area contributed by atoms with Crippen molar-refractivity contribution in [2.45, 2.75) is 25.6 Å². The van der Waals surface area contributed by atoms with Gasteiger partial charge in [0, 0.05) is 15.8 Å². The zero-order valence-electron chi connectivity index (χ0n) is 15.4. The molecule has 0 spiro atoms. The number of carbonyl (C=O) groups excluding carboxylic acids is 2. The molecule has 2 aromatic carbocycles. The molecule has 3 rings (SSSR count). The molecule has 1 aliphatic heterocycles. The van der Waals surface area contributed by atoms with E-state index in [9.17, 15) is 9.59 Å². The first kappa shape index (κ1) is 19.5. The quantitative estimate of drug-likeness (QED) is 0.654. The first-order valence-electron chi connectivity index (χ1n) is 8.57. The predicted molar refractivity (Wildman–Crippen MR) is 110 cm³/mol. The molecule has 0 bridgehead atoms. The highest BCUT2D eigenvalue weighted by Crippen LogP contribution is 2.41. The minimum Gasteiger partial charge on any atom is -0.496 e.